The molecule has 0 radical (unpaired) electrons. The van der Waals surface area contributed by atoms with Crippen molar-refractivity contribution in [3.05, 3.63) is 35.4 Å². The zero-order valence-electron chi connectivity index (χ0n) is 11.9. The second-order valence-electron chi connectivity index (χ2n) is 5.51. The lowest BCUT2D eigenvalue weighted by Crippen LogP contribution is -2.24. The molecule has 1 aromatic carbocycles. The molecule has 1 atom stereocenters. The van der Waals surface area contributed by atoms with E-state index in [4.69, 9.17) is 5.26 Å². The molecule has 1 rings (SSSR count). The van der Waals surface area contributed by atoms with Gasteiger partial charge in [-0.3, -0.25) is 0 Å². The zero-order chi connectivity index (χ0) is 13.5. The Morgan fingerprint density at radius 3 is 2.17 bits per heavy atom. The summed E-state index contributed by atoms with van der Waals surface area (Å²) in [5.74, 6) is 1.08. The summed E-state index contributed by atoms with van der Waals surface area (Å²) in [5, 5.41) is 12.4. The van der Waals surface area contributed by atoms with Crippen molar-refractivity contribution in [3.8, 4) is 6.07 Å². The normalized spacial score (nSPS) is 12.7. The fraction of sp³-hybridized carbons (Fsp3) is 0.562. The minimum Gasteiger partial charge on any atom is -0.311 e. The van der Waals surface area contributed by atoms with Crippen molar-refractivity contribution in [2.45, 2.75) is 40.2 Å². The van der Waals surface area contributed by atoms with Crippen molar-refractivity contribution < 1.29 is 0 Å². The third-order valence-corrected chi connectivity index (χ3v) is 3.31. The van der Waals surface area contributed by atoms with Gasteiger partial charge in [-0.2, -0.15) is 5.26 Å². The van der Waals surface area contributed by atoms with Crippen LogP contribution in [0.1, 0.15) is 44.7 Å². The van der Waals surface area contributed by atoms with Gasteiger partial charge in [0.15, 0.2) is 0 Å². The van der Waals surface area contributed by atoms with Crippen LogP contribution < -0.4 is 5.32 Å². The van der Waals surface area contributed by atoms with Gasteiger partial charge in [-0.05, 0) is 23.0 Å². The second kappa shape index (κ2) is 7.18. The molecule has 0 aliphatic rings. The quantitative estimate of drug-likeness (QED) is 0.828. The highest BCUT2D eigenvalue weighted by atomic mass is 14.9. The first-order valence-electron chi connectivity index (χ1n) is 6.73. The molecule has 2 heteroatoms. The lowest BCUT2D eigenvalue weighted by Gasteiger charge is -2.14. The van der Waals surface area contributed by atoms with E-state index in [1.165, 1.54) is 11.1 Å². The van der Waals surface area contributed by atoms with Crippen LogP contribution in [0, 0.1) is 23.2 Å². The summed E-state index contributed by atoms with van der Waals surface area (Å²) in [6.07, 6.45) is 0. The summed E-state index contributed by atoms with van der Waals surface area (Å²) in [6, 6.07) is 11.1. The number of nitriles is 1. The molecule has 0 aliphatic carbocycles. The molecule has 0 spiro atoms. The summed E-state index contributed by atoms with van der Waals surface area (Å²) in [4.78, 5) is 0. The largest absolute Gasteiger partial charge is 0.311 e. The van der Waals surface area contributed by atoms with Crippen molar-refractivity contribution in [2.24, 2.45) is 11.8 Å². The van der Waals surface area contributed by atoms with E-state index in [1.807, 2.05) is 0 Å². The molecule has 0 bridgehead atoms. The van der Waals surface area contributed by atoms with Crippen molar-refractivity contribution in [2.75, 3.05) is 6.54 Å². The molecule has 0 saturated carbocycles. The van der Waals surface area contributed by atoms with Gasteiger partial charge in [0.05, 0.1) is 12.0 Å². The molecule has 0 saturated heterocycles. The smallest absolute Gasteiger partial charge is 0.0671 e. The van der Waals surface area contributed by atoms with Crippen LogP contribution in [-0.4, -0.2) is 6.54 Å². The molecule has 0 aliphatic heterocycles. The van der Waals surface area contributed by atoms with Crippen LogP contribution in [0.15, 0.2) is 24.3 Å². The topological polar surface area (TPSA) is 35.8 Å². The van der Waals surface area contributed by atoms with E-state index >= 15 is 0 Å². The van der Waals surface area contributed by atoms with Crippen LogP contribution in [0.4, 0.5) is 0 Å². The maximum absolute atomic E-state index is 9.00. The Hall–Kier alpha value is -1.33. The number of rotatable bonds is 6. The lowest BCUT2D eigenvalue weighted by atomic mass is 9.97. The van der Waals surface area contributed by atoms with Crippen LogP contribution in [0.2, 0.25) is 0 Å². The third kappa shape index (κ3) is 4.50. The highest BCUT2D eigenvalue weighted by Crippen LogP contribution is 2.14. The highest BCUT2D eigenvalue weighted by Gasteiger charge is 2.11. The highest BCUT2D eigenvalue weighted by molar-refractivity contribution is 5.24. The molecule has 0 amide bonds. The first kappa shape index (κ1) is 14.7. The minimum absolute atomic E-state index is 0.0972. The summed E-state index contributed by atoms with van der Waals surface area (Å²) in [7, 11) is 0. The van der Waals surface area contributed by atoms with E-state index in [0.717, 1.165) is 13.1 Å². The first-order valence-corrected chi connectivity index (χ1v) is 6.73. The molecule has 18 heavy (non-hydrogen) atoms. The van der Waals surface area contributed by atoms with Crippen molar-refractivity contribution in [1.29, 1.82) is 5.26 Å². The molecular formula is C16H24N2. The Bertz CT molecular complexity index is 385. The van der Waals surface area contributed by atoms with Gasteiger partial charge in [0, 0.05) is 13.1 Å². The summed E-state index contributed by atoms with van der Waals surface area (Å²) >= 11 is 0. The van der Waals surface area contributed by atoms with E-state index in [-0.39, 0.29) is 5.92 Å². The maximum Gasteiger partial charge on any atom is 0.0671 e. The Morgan fingerprint density at radius 1 is 1.11 bits per heavy atom. The van der Waals surface area contributed by atoms with E-state index in [2.05, 4.69) is 63.3 Å². The Morgan fingerprint density at radius 2 is 1.72 bits per heavy atom. The Balaban J connectivity index is 2.42. The fourth-order valence-electron chi connectivity index (χ4n) is 1.82. The standard InChI is InChI=1S/C16H24N2/c1-12(2)15-7-5-14(6-8-15)10-18-11-16(9-17)13(3)4/h5-8,12-13,16,18H,10-11H2,1-4H3. The van der Waals surface area contributed by atoms with Gasteiger partial charge in [0.2, 0.25) is 0 Å². The Kier molecular flexibility index (Phi) is 5.88. The van der Waals surface area contributed by atoms with Crippen molar-refractivity contribution in [1.82, 2.24) is 5.32 Å². The molecule has 0 heterocycles. The van der Waals surface area contributed by atoms with E-state index in [0.29, 0.717) is 11.8 Å². The average Bonchev–Trinajstić information content (AvgIpc) is 2.34. The van der Waals surface area contributed by atoms with E-state index < -0.39 is 0 Å². The molecule has 1 aromatic rings. The number of nitrogens with zero attached hydrogens (tertiary/aromatic N) is 1. The third-order valence-electron chi connectivity index (χ3n) is 3.31. The molecule has 0 aromatic heterocycles. The fourth-order valence-corrected chi connectivity index (χ4v) is 1.82. The Labute approximate surface area is 111 Å². The first-order chi connectivity index (χ1) is 8.54. The molecule has 1 N–H and O–H groups in total. The summed E-state index contributed by atoms with van der Waals surface area (Å²) in [5.41, 5.74) is 2.65. The van der Waals surface area contributed by atoms with Gasteiger partial charge in [-0.15, -0.1) is 0 Å². The van der Waals surface area contributed by atoms with Crippen LogP contribution in [0.5, 0.6) is 0 Å². The minimum atomic E-state index is 0.0972. The van der Waals surface area contributed by atoms with E-state index in [1.54, 1.807) is 0 Å². The second-order valence-corrected chi connectivity index (χ2v) is 5.51. The number of hydrogen-bond acceptors (Lipinski definition) is 2. The average molecular weight is 244 g/mol. The van der Waals surface area contributed by atoms with Gasteiger partial charge in [0.1, 0.15) is 0 Å². The van der Waals surface area contributed by atoms with Gasteiger partial charge < -0.3 is 5.32 Å². The lowest BCUT2D eigenvalue weighted by molar-refractivity contribution is 0.442. The number of benzene rings is 1. The van der Waals surface area contributed by atoms with Gasteiger partial charge in [-0.25, -0.2) is 0 Å². The summed E-state index contributed by atoms with van der Waals surface area (Å²) < 4.78 is 0. The van der Waals surface area contributed by atoms with Crippen LogP contribution in [-0.2, 0) is 6.54 Å². The van der Waals surface area contributed by atoms with Gasteiger partial charge >= 0.3 is 0 Å². The molecule has 2 nitrogen and oxygen atoms in total. The molecular weight excluding hydrogens is 220 g/mol. The van der Waals surface area contributed by atoms with E-state index in [9.17, 15) is 0 Å². The zero-order valence-corrected chi connectivity index (χ0v) is 11.9. The number of hydrogen-bond donors (Lipinski definition) is 1. The molecule has 98 valence electrons. The van der Waals surface area contributed by atoms with Crippen LogP contribution in [0.3, 0.4) is 0 Å². The predicted octanol–water partition coefficient (Wildman–Crippen LogP) is 3.70. The predicted molar refractivity (Wildman–Crippen MR) is 76.2 cm³/mol. The van der Waals surface area contributed by atoms with Crippen molar-refractivity contribution >= 4 is 0 Å². The SMILES string of the molecule is CC(C)c1ccc(CNCC(C#N)C(C)C)cc1. The maximum atomic E-state index is 9.00. The summed E-state index contributed by atoms with van der Waals surface area (Å²) in [6.45, 7) is 10.2. The molecule has 1 unspecified atom stereocenters. The van der Waals surface area contributed by atoms with Crippen molar-refractivity contribution in [3.63, 3.8) is 0 Å². The van der Waals surface area contributed by atoms with Gasteiger partial charge in [-0.1, -0.05) is 52.0 Å². The monoisotopic (exact) mass is 244 g/mol. The van der Waals surface area contributed by atoms with Crippen LogP contribution >= 0.6 is 0 Å². The molecule has 0 fully saturated rings. The number of nitrogens with one attached hydrogen (secondary N) is 1. The van der Waals surface area contributed by atoms with Gasteiger partial charge in [0.25, 0.3) is 0 Å². The van der Waals surface area contributed by atoms with Crippen LogP contribution in [0.25, 0.3) is 0 Å².